The molecule has 138 valence electrons. The first-order chi connectivity index (χ1) is 13.2. The lowest BCUT2D eigenvalue weighted by Crippen LogP contribution is -2.06. The summed E-state index contributed by atoms with van der Waals surface area (Å²) in [6.45, 7) is 1.15. The number of methoxy groups -OCH3 is 1. The van der Waals surface area contributed by atoms with Crippen molar-refractivity contribution in [3.63, 3.8) is 0 Å². The van der Waals surface area contributed by atoms with Crippen molar-refractivity contribution in [2.45, 2.75) is 13.2 Å². The molecular weight excluding hydrogens is 451 g/mol. The molecule has 3 rings (SSSR count). The van der Waals surface area contributed by atoms with Crippen LogP contribution in [0.3, 0.4) is 0 Å². The van der Waals surface area contributed by atoms with Crippen molar-refractivity contribution >= 4 is 28.8 Å². The highest BCUT2D eigenvalue weighted by Gasteiger charge is 2.00. The lowest BCUT2D eigenvalue weighted by Gasteiger charge is -2.08. The molecule has 0 aromatic heterocycles. The molecule has 0 saturated carbocycles. The normalized spacial score (nSPS) is 10.7. The van der Waals surface area contributed by atoms with Gasteiger partial charge in [-0.25, -0.2) is 0 Å². The zero-order valence-corrected chi connectivity index (χ0v) is 17.2. The monoisotopic (exact) mass is 472 g/mol. The SMILES string of the molecule is COc1ccccc1CN/N=C\c1cccc(OCc2ccc(I)cc2)c1. The van der Waals surface area contributed by atoms with Gasteiger partial charge in [0.1, 0.15) is 18.1 Å². The average Bonchev–Trinajstić information content (AvgIpc) is 2.71. The van der Waals surface area contributed by atoms with Crippen molar-refractivity contribution in [3.8, 4) is 11.5 Å². The molecule has 0 aliphatic rings. The number of ether oxygens (including phenoxy) is 2. The van der Waals surface area contributed by atoms with Crippen LogP contribution in [0.15, 0.2) is 77.9 Å². The number of nitrogens with zero attached hydrogens (tertiary/aromatic N) is 1. The van der Waals surface area contributed by atoms with Gasteiger partial charge in [-0.2, -0.15) is 5.10 Å². The Hall–Kier alpha value is -2.54. The number of hydrazone groups is 1. The Labute approximate surface area is 173 Å². The number of halogens is 1. The second-order valence-corrected chi connectivity index (χ2v) is 7.14. The molecule has 0 aliphatic heterocycles. The van der Waals surface area contributed by atoms with Gasteiger partial charge < -0.3 is 14.9 Å². The fraction of sp³-hybridized carbons (Fsp3) is 0.136. The quantitative estimate of drug-likeness (QED) is 0.285. The van der Waals surface area contributed by atoms with Gasteiger partial charge in [0.25, 0.3) is 0 Å². The Balaban J connectivity index is 1.53. The summed E-state index contributed by atoms with van der Waals surface area (Å²) in [5.41, 5.74) is 6.24. The summed E-state index contributed by atoms with van der Waals surface area (Å²) in [6, 6.07) is 24.1. The number of benzene rings is 3. The van der Waals surface area contributed by atoms with Crippen LogP contribution in [-0.4, -0.2) is 13.3 Å². The van der Waals surface area contributed by atoms with Gasteiger partial charge in [0, 0.05) is 9.13 Å². The number of rotatable bonds is 8. The van der Waals surface area contributed by atoms with E-state index in [1.54, 1.807) is 13.3 Å². The van der Waals surface area contributed by atoms with Crippen molar-refractivity contribution in [2.75, 3.05) is 7.11 Å². The fourth-order valence-corrected chi connectivity index (χ4v) is 2.89. The molecule has 0 unspecified atom stereocenters. The molecule has 3 aromatic rings. The minimum atomic E-state index is 0.545. The van der Waals surface area contributed by atoms with E-state index in [2.05, 4.69) is 57.4 Å². The summed E-state index contributed by atoms with van der Waals surface area (Å²) in [5, 5.41) is 4.29. The van der Waals surface area contributed by atoms with Crippen LogP contribution in [0.5, 0.6) is 11.5 Å². The van der Waals surface area contributed by atoms with Crippen molar-refractivity contribution in [1.29, 1.82) is 0 Å². The van der Waals surface area contributed by atoms with Crippen LogP contribution in [0.25, 0.3) is 0 Å². The lowest BCUT2D eigenvalue weighted by atomic mass is 10.2. The summed E-state index contributed by atoms with van der Waals surface area (Å²) < 4.78 is 12.4. The molecule has 27 heavy (non-hydrogen) atoms. The van der Waals surface area contributed by atoms with Gasteiger partial charge in [0.2, 0.25) is 0 Å². The van der Waals surface area contributed by atoms with Crippen molar-refractivity contribution < 1.29 is 9.47 Å². The fourth-order valence-electron chi connectivity index (χ4n) is 2.53. The maximum Gasteiger partial charge on any atom is 0.123 e. The average molecular weight is 472 g/mol. The van der Waals surface area contributed by atoms with E-state index in [1.165, 1.54) is 3.57 Å². The molecule has 5 heteroatoms. The Morgan fingerprint density at radius 2 is 1.81 bits per heavy atom. The van der Waals surface area contributed by atoms with E-state index in [9.17, 15) is 0 Å². The van der Waals surface area contributed by atoms with E-state index < -0.39 is 0 Å². The van der Waals surface area contributed by atoms with Crippen LogP contribution >= 0.6 is 22.6 Å². The molecule has 0 amide bonds. The molecule has 0 fully saturated rings. The van der Waals surface area contributed by atoms with Crippen molar-refractivity contribution in [3.05, 3.63) is 93.1 Å². The molecule has 0 radical (unpaired) electrons. The third-order valence-corrected chi connectivity index (χ3v) is 4.66. The van der Waals surface area contributed by atoms with Crippen LogP contribution in [0.4, 0.5) is 0 Å². The highest BCUT2D eigenvalue weighted by atomic mass is 127. The maximum atomic E-state index is 5.88. The molecule has 0 aliphatic carbocycles. The zero-order chi connectivity index (χ0) is 18.9. The molecule has 0 spiro atoms. The molecule has 3 aromatic carbocycles. The largest absolute Gasteiger partial charge is 0.496 e. The van der Waals surface area contributed by atoms with E-state index >= 15 is 0 Å². The van der Waals surface area contributed by atoms with Gasteiger partial charge in [-0.3, -0.25) is 0 Å². The molecule has 0 saturated heterocycles. The van der Waals surface area contributed by atoms with Gasteiger partial charge in [-0.15, -0.1) is 0 Å². The van der Waals surface area contributed by atoms with E-state index in [0.717, 1.165) is 28.2 Å². The summed E-state index contributed by atoms with van der Waals surface area (Å²) in [6.07, 6.45) is 1.78. The minimum absolute atomic E-state index is 0.545. The molecule has 1 N–H and O–H groups in total. The highest BCUT2D eigenvalue weighted by Crippen LogP contribution is 2.17. The standard InChI is InChI=1S/C22H21IN2O2/c1-26-22-8-3-2-6-19(22)15-25-24-14-18-5-4-7-21(13-18)27-16-17-9-11-20(23)12-10-17/h2-14,25H,15-16H2,1H3/b24-14-. The first-order valence-corrected chi connectivity index (χ1v) is 9.67. The Bertz CT molecular complexity index is 895. The Morgan fingerprint density at radius 3 is 2.63 bits per heavy atom. The van der Waals surface area contributed by atoms with Gasteiger partial charge in [0.05, 0.1) is 19.9 Å². The Morgan fingerprint density at radius 1 is 1.00 bits per heavy atom. The van der Waals surface area contributed by atoms with Crippen molar-refractivity contribution in [1.82, 2.24) is 5.43 Å². The summed E-state index contributed by atoms with van der Waals surface area (Å²) in [4.78, 5) is 0. The van der Waals surface area contributed by atoms with E-state index in [0.29, 0.717) is 13.2 Å². The van der Waals surface area contributed by atoms with Crippen LogP contribution in [-0.2, 0) is 13.2 Å². The Kier molecular flexibility index (Phi) is 7.10. The molecule has 0 heterocycles. The van der Waals surface area contributed by atoms with E-state index in [1.807, 2.05) is 48.5 Å². The number of nitrogens with one attached hydrogen (secondary N) is 1. The predicted molar refractivity (Wildman–Crippen MR) is 117 cm³/mol. The van der Waals surface area contributed by atoms with E-state index in [-0.39, 0.29) is 0 Å². The highest BCUT2D eigenvalue weighted by molar-refractivity contribution is 14.1. The zero-order valence-electron chi connectivity index (χ0n) is 15.1. The second-order valence-electron chi connectivity index (χ2n) is 5.89. The van der Waals surface area contributed by atoms with Crippen LogP contribution in [0.2, 0.25) is 0 Å². The topological polar surface area (TPSA) is 42.8 Å². The van der Waals surface area contributed by atoms with Gasteiger partial charge in [0.15, 0.2) is 0 Å². The van der Waals surface area contributed by atoms with E-state index in [4.69, 9.17) is 9.47 Å². The van der Waals surface area contributed by atoms with Crippen LogP contribution in [0.1, 0.15) is 16.7 Å². The first-order valence-electron chi connectivity index (χ1n) is 8.60. The predicted octanol–water partition coefficient (Wildman–Crippen LogP) is 5.00. The maximum absolute atomic E-state index is 5.88. The number of hydrogen-bond acceptors (Lipinski definition) is 4. The van der Waals surface area contributed by atoms with Crippen LogP contribution in [0, 0.1) is 3.57 Å². The minimum Gasteiger partial charge on any atom is -0.496 e. The smallest absolute Gasteiger partial charge is 0.123 e. The molecular formula is C22H21IN2O2. The third-order valence-electron chi connectivity index (χ3n) is 3.94. The summed E-state index contributed by atoms with van der Waals surface area (Å²) in [5.74, 6) is 1.67. The second kappa shape index (κ2) is 9.97. The molecule has 0 bridgehead atoms. The lowest BCUT2D eigenvalue weighted by molar-refractivity contribution is 0.306. The van der Waals surface area contributed by atoms with Gasteiger partial charge >= 0.3 is 0 Å². The van der Waals surface area contributed by atoms with Gasteiger partial charge in [-0.05, 0) is 64.0 Å². The first kappa shape index (κ1) is 19.2. The third kappa shape index (κ3) is 5.99. The summed E-state index contributed by atoms with van der Waals surface area (Å²) in [7, 11) is 1.67. The molecule has 0 atom stereocenters. The number of para-hydroxylation sites is 1. The molecule has 4 nitrogen and oxygen atoms in total. The van der Waals surface area contributed by atoms with Gasteiger partial charge in [-0.1, -0.05) is 42.5 Å². The van der Waals surface area contributed by atoms with Crippen LogP contribution < -0.4 is 14.9 Å². The van der Waals surface area contributed by atoms with Crippen molar-refractivity contribution in [2.24, 2.45) is 5.10 Å². The summed E-state index contributed by atoms with van der Waals surface area (Å²) >= 11 is 2.30. The number of hydrogen-bond donors (Lipinski definition) is 1.